The molecule has 0 heterocycles. The van der Waals surface area contributed by atoms with Crippen LogP contribution in [-0.4, -0.2) is 50.1 Å². The molecular weight excluding hydrogens is 228 g/mol. The monoisotopic (exact) mass is 250 g/mol. The zero-order valence-electron chi connectivity index (χ0n) is 11.1. The van der Waals surface area contributed by atoms with E-state index in [1.807, 2.05) is 6.92 Å². The van der Waals surface area contributed by atoms with Crippen LogP contribution in [0.1, 0.15) is 27.2 Å². The van der Waals surface area contributed by atoms with Gasteiger partial charge in [-0.15, -0.1) is 0 Å². The molecule has 1 N–H and O–H groups in total. The second-order valence-electron chi connectivity index (χ2n) is 3.26. The van der Waals surface area contributed by atoms with Crippen molar-refractivity contribution in [2.24, 2.45) is 0 Å². The lowest BCUT2D eigenvalue weighted by Crippen LogP contribution is -2.21. The summed E-state index contributed by atoms with van der Waals surface area (Å²) < 4.78 is 13.9. The number of carboxylic acids is 1. The summed E-state index contributed by atoms with van der Waals surface area (Å²) in [4.78, 5) is 20.6. The van der Waals surface area contributed by atoms with Crippen LogP contribution in [0.4, 0.5) is 0 Å². The van der Waals surface area contributed by atoms with Crippen LogP contribution in [0.2, 0.25) is 0 Å². The first-order valence-electron chi connectivity index (χ1n) is 5.35. The van der Waals surface area contributed by atoms with Crippen LogP contribution in [0.15, 0.2) is 0 Å². The molecule has 0 saturated heterocycles. The van der Waals surface area contributed by atoms with Crippen LogP contribution < -0.4 is 0 Å². The third kappa shape index (κ3) is 11.1. The summed E-state index contributed by atoms with van der Waals surface area (Å²) >= 11 is 0. The lowest BCUT2D eigenvalue weighted by Gasteiger charge is -2.07. The number of aliphatic carboxylic acids is 1. The van der Waals surface area contributed by atoms with Crippen molar-refractivity contribution in [3.63, 3.8) is 0 Å². The van der Waals surface area contributed by atoms with Gasteiger partial charge in [-0.2, -0.15) is 0 Å². The first-order valence-corrected chi connectivity index (χ1v) is 5.35. The summed E-state index contributed by atoms with van der Waals surface area (Å²) in [6.07, 6.45) is -0.270. The van der Waals surface area contributed by atoms with E-state index in [4.69, 9.17) is 14.6 Å². The fourth-order valence-electron chi connectivity index (χ4n) is 0.517. The van der Waals surface area contributed by atoms with E-state index in [2.05, 4.69) is 4.74 Å². The van der Waals surface area contributed by atoms with Crippen molar-refractivity contribution in [2.45, 2.75) is 39.4 Å². The number of carboxylic acid groups (broad SMARTS) is 1. The van der Waals surface area contributed by atoms with Crippen molar-refractivity contribution in [1.82, 2.24) is 0 Å². The first kappa shape index (κ1) is 18.2. The van der Waals surface area contributed by atoms with Crippen molar-refractivity contribution in [1.29, 1.82) is 0 Å². The van der Waals surface area contributed by atoms with Gasteiger partial charge in [-0.25, -0.2) is 9.59 Å². The molecule has 0 spiro atoms. The zero-order valence-corrected chi connectivity index (χ0v) is 11.1. The molecule has 0 saturated carbocycles. The number of carbonyl (C=O) groups excluding carboxylic acids is 1. The quantitative estimate of drug-likeness (QED) is 0.710. The van der Waals surface area contributed by atoms with E-state index in [1.165, 1.54) is 21.1 Å². The Hall–Kier alpha value is -1.14. The molecule has 17 heavy (non-hydrogen) atoms. The van der Waals surface area contributed by atoms with Crippen LogP contribution in [0.3, 0.4) is 0 Å². The Labute approximate surface area is 102 Å². The van der Waals surface area contributed by atoms with Gasteiger partial charge >= 0.3 is 11.9 Å². The number of carbonyl (C=O) groups is 2. The van der Waals surface area contributed by atoms with Gasteiger partial charge in [-0.3, -0.25) is 0 Å². The van der Waals surface area contributed by atoms with Gasteiger partial charge in [0, 0.05) is 14.2 Å². The minimum Gasteiger partial charge on any atom is -0.479 e. The molecule has 2 unspecified atom stereocenters. The van der Waals surface area contributed by atoms with Gasteiger partial charge in [0.2, 0.25) is 0 Å². The van der Waals surface area contributed by atoms with E-state index < -0.39 is 18.2 Å². The van der Waals surface area contributed by atoms with E-state index in [0.29, 0.717) is 6.61 Å². The second kappa shape index (κ2) is 11.3. The molecule has 0 aliphatic heterocycles. The molecule has 0 aromatic heterocycles. The molecule has 102 valence electrons. The molecule has 0 rings (SSSR count). The number of rotatable bonds is 6. The highest BCUT2D eigenvalue weighted by Gasteiger charge is 2.11. The summed E-state index contributed by atoms with van der Waals surface area (Å²) in [5, 5.41) is 8.06. The molecule has 6 heteroatoms. The molecule has 0 aromatic rings. The van der Waals surface area contributed by atoms with Crippen molar-refractivity contribution in [3.8, 4) is 0 Å². The third-order valence-corrected chi connectivity index (χ3v) is 1.84. The van der Waals surface area contributed by atoms with Gasteiger partial charge in [0.25, 0.3) is 0 Å². The molecule has 6 nitrogen and oxygen atoms in total. The second-order valence-corrected chi connectivity index (χ2v) is 3.26. The molecule has 0 amide bonds. The topological polar surface area (TPSA) is 82.1 Å². The minimum absolute atomic E-state index is 0.288. The number of ether oxygens (including phenoxy) is 3. The summed E-state index contributed by atoms with van der Waals surface area (Å²) in [5.41, 5.74) is 0. The standard InChI is InChI=1S/C7H14O3.C4H8O3/c1-4-5-10-7(8)6(2)9-3;1-3(7-2)4(5)6/h6H,4-5H2,1-3H3;3H,1-2H3,(H,5,6). The number of hydrogen-bond donors (Lipinski definition) is 1. The number of hydrogen-bond acceptors (Lipinski definition) is 5. The Morgan fingerprint density at radius 1 is 1.12 bits per heavy atom. The highest BCUT2D eigenvalue weighted by atomic mass is 16.6. The Bertz CT molecular complexity index is 216. The van der Waals surface area contributed by atoms with Crippen molar-refractivity contribution < 1.29 is 28.9 Å². The maximum Gasteiger partial charge on any atom is 0.334 e. The number of methoxy groups -OCH3 is 2. The average molecular weight is 250 g/mol. The third-order valence-electron chi connectivity index (χ3n) is 1.84. The molecule has 0 aliphatic carbocycles. The first-order chi connectivity index (χ1) is 7.90. The van der Waals surface area contributed by atoms with Crippen LogP contribution >= 0.6 is 0 Å². The lowest BCUT2D eigenvalue weighted by atomic mass is 10.4. The molecule has 0 radical (unpaired) electrons. The van der Waals surface area contributed by atoms with Gasteiger partial charge in [-0.1, -0.05) is 6.92 Å². The molecular formula is C11H22O6. The smallest absolute Gasteiger partial charge is 0.334 e. The van der Waals surface area contributed by atoms with Crippen LogP contribution in [0, 0.1) is 0 Å². The Morgan fingerprint density at radius 2 is 1.59 bits per heavy atom. The highest BCUT2D eigenvalue weighted by Crippen LogP contribution is 1.92. The van der Waals surface area contributed by atoms with Crippen molar-refractivity contribution in [3.05, 3.63) is 0 Å². The van der Waals surface area contributed by atoms with E-state index in [0.717, 1.165) is 6.42 Å². The van der Waals surface area contributed by atoms with Gasteiger partial charge in [0.05, 0.1) is 6.61 Å². The molecule has 0 aliphatic rings. The van der Waals surface area contributed by atoms with Crippen LogP contribution in [0.5, 0.6) is 0 Å². The molecule has 0 aromatic carbocycles. The molecule has 0 fully saturated rings. The fourth-order valence-corrected chi connectivity index (χ4v) is 0.517. The van der Waals surface area contributed by atoms with E-state index >= 15 is 0 Å². The lowest BCUT2D eigenvalue weighted by molar-refractivity contribution is -0.154. The van der Waals surface area contributed by atoms with Crippen molar-refractivity contribution in [2.75, 3.05) is 20.8 Å². The Kier molecular flexibility index (Phi) is 12.2. The van der Waals surface area contributed by atoms with E-state index in [-0.39, 0.29) is 5.97 Å². The maximum absolute atomic E-state index is 10.8. The normalized spacial score (nSPS) is 13.0. The Morgan fingerprint density at radius 3 is 1.82 bits per heavy atom. The summed E-state index contributed by atoms with van der Waals surface area (Å²) in [5.74, 6) is -1.22. The summed E-state index contributed by atoms with van der Waals surface area (Å²) in [6, 6.07) is 0. The maximum atomic E-state index is 10.8. The summed E-state index contributed by atoms with van der Waals surface area (Å²) in [6.45, 7) is 5.57. The predicted octanol–water partition coefficient (Wildman–Crippen LogP) is 1.08. The fraction of sp³-hybridized carbons (Fsp3) is 0.818. The van der Waals surface area contributed by atoms with Gasteiger partial charge in [0.1, 0.15) is 0 Å². The molecule has 0 bridgehead atoms. The largest absolute Gasteiger partial charge is 0.479 e. The van der Waals surface area contributed by atoms with E-state index in [9.17, 15) is 9.59 Å². The van der Waals surface area contributed by atoms with Crippen molar-refractivity contribution >= 4 is 11.9 Å². The molecule has 2 atom stereocenters. The minimum atomic E-state index is -0.928. The average Bonchev–Trinajstić information content (AvgIpc) is 2.34. The van der Waals surface area contributed by atoms with Gasteiger partial charge in [0.15, 0.2) is 12.2 Å². The SMILES string of the molecule is CCCOC(=O)C(C)OC.COC(C)C(=O)O. The van der Waals surface area contributed by atoms with Gasteiger partial charge in [-0.05, 0) is 20.3 Å². The van der Waals surface area contributed by atoms with Gasteiger partial charge < -0.3 is 19.3 Å². The van der Waals surface area contributed by atoms with Crippen LogP contribution in [0.25, 0.3) is 0 Å². The summed E-state index contributed by atoms with van der Waals surface area (Å²) in [7, 11) is 2.84. The predicted molar refractivity (Wildman–Crippen MR) is 61.8 cm³/mol. The zero-order chi connectivity index (χ0) is 13.8. The Balaban J connectivity index is 0. The highest BCUT2D eigenvalue weighted by molar-refractivity contribution is 5.74. The van der Waals surface area contributed by atoms with Crippen LogP contribution in [-0.2, 0) is 23.8 Å². The van der Waals surface area contributed by atoms with E-state index in [1.54, 1.807) is 6.92 Å². The number of esters is 1.